The second kappa shape index (κ2) is 8.33. The predicted molar refractivity (Wildman–Crippen MR) is 111 cm³/mol. The average Bonchev–Trinajstić information content (AvgIpc) is 3.52. The third kappa shape index (κ3) is 4.73. The average molecular weight is 378 g/mol. The minimum atomic E-state index is -3.35. The number of hydrogen-bond donors (Lipinski definition) is 0. The highest BCUT2D eigenvalue weighted by Crippen LogP contribution is 2.40. The molecule has 2 atom stereocenters. The monoisotopic (exact) mass is 377 g/mol. The molecule has 0 aromatic heterocycles. The molecular formula is C23H23NO2S. The number of aryl methyl sites for hydroxylation is 1. The lowest BCUT2D eigenvalue weighted by atomic mass is 10.2. The summed E-state index contributed by atoms with van der Waals surface area (Å²) in [6, 6.07) is 26.8. The number of sulfonamides is 1. The lowest BCUT2D eigenvalue weighted by Crippen LogP contribution is -2.12. The van der Waals surface area contributed by atoms with Crippen LogP contribution in [0.15, 0.2) is 96.4 Å². The maximum atomic E-state index is 12.4. The van der Waals surface area contributed by atoms with Crippen molar-refractivity contribution in [3.63, 3.8) is 0 Å². The highest BCUT2D eigenvalue weighted by Gasteiger charge is 2.45. The molecule has 0 N–H and O–H groups in total. The number of hydrogen-bond acceptors (Lipinski definition) is 2. The third-order valence-corrected chi connectivity index (χ3v) is 6.30. The van der Waals surface area contributed by atoms with Crippen molar-refractivity contribution in [1.82, 2.24) is 4.31 Å². The molecule has 0 radical (unpaired) electrons. The zero-order valence-electron chi connectivity index (χ0n) is 15.3. The van der Waals surface area contributed by atoms with Gasteiger partial charge in [-0.15, -0.1) is 0 Å². The van der Waals surface area contributed by atoms with Crippen LogP contribution in [0.25, 0.3) is 6.08 Å². The first kappa shape index (κ1) is 19.1. The first-order chi connectivity index (χ1) is 13.0. The van der Waals surface area contributed by atoms with E-state index in [2.05, 4.69) is 6.58 Å². The van der Waals surface area contributed by atoms with Crippen LogP contribution in [0.1, 0.15) is 22.7 Å². The van der Waals surface area contributed by atoms with Gasteiger partial charge in [0.05, 0.1) is 10.9 Å². The van der Waals surface area contributed by atoms with Crippen molar-refractivity contribution in [2.75, 3.05) is 6.54 Å². The molecule has 3 aromatic rings. The summed E-state index contributed by atoms with van der Waals surface area (Å²) in [6.45, 7) is 6.15. The van der Waals surface area contributed by atoms with Gasteiger partial charge in [0.15, 0.2) is 0 Å². The third-order valence-electron chi connectivity index (χ3n) is 4.41. The summed E-state index contributed by atoms with van der Waals surface area (Å²) >= 11 is 0. The van der Waals surface area contributed by atoms with Crippen LogP contribution in [-0.2, 0) is 10.0 Å². The summed E-state index contributed by atoms with van der Waals surface area (Å²) in [5.41, 5.74) is 3.29. The summed E-state index contributed by atoms with van der Waals surface area (Å²) in [6.07, 6.45) is 1.83. The first-order valence-electron chi connectivity index (χ1n) is 8.83. The fraction of sp³-hybridized carbons (Fsp3) is 0.130. The molecule has 4 heteroatoms. The van der Waals surface area contributed by atoms with E-state index in [1.165, 1.54) is 9.87 Å². The van der Waals surface area contributed by atoms with Crippen molar-refractivity contribution in [3.05, 3.63) is 108 Å². The fourth-order valence-corrected chi connectivity index (χ4v) is 4.32. The van der Waals surface area contributed by atoms with Gasteiger partial charge in [0.2, 0.25) is 10.0 Å². The fourth-order valence-electron chi connectivity index (χ4n) is 2.77. The van der Waals surface area contributed by atoms with Gasteiger partial charge in [-0.05, 0) is 30.2 Å². The Morgan fingerprint density at radius 1 is 0.889 bits per heavy atom. The van der Waals surface area contributed by atoms with E-state index in [9.17, 15) is 8.42 Å². The number of nitrogens with zero attached hydrogens (tertiary/aromatic N) is 1. The normalized spacial score (nSPS) is 18.1. The van der Waals surface area contributed by atoms with Crippen molar-refractivity contribution < 1.29 is 8.42 Å². The molecule has 0 aliphatic carbocycles. The highest BCUT2D eigenvalue weighted by atomic mass is 32.2. The largest absolute Gasteiger partial charge is 0.243 e. The molecule has 1 heterocycles. The Hall–Kier alpha value is -2.69. The molecule has 2 unspecified atom stereocenters. The highest BCUT2D eigenvalue weighted by molar-refractivity contribution is 7.89. The van der Waals surface area contributed by atoms with E-state index in [-0.39, 0.29) is 6.04 Å². The lowest BCUT2D eigenvalue weighted by Gasteiger charge is -2.06. The van der Waals surface area contributed by atoms with Gasteiger partial charge in [0.25, 0.3) is 0 Å². The van der Waals surface area contributed by atoms with Gasteiger partial charge >= 0.3 is 0 Å². The summed E-state index contributed by atoms with van der Waals surface area (Å²) in [5.74, 6) is 0. The molecule has 3 aromatic carbocycles. The Morgan fingerprint density at radius 3 is 1.96 bits per heavy atom. The van der Waals surface area contributed by atoms with E-state index in [0.717, 1.165) is 11.1 Å². The van der Waals surface area contributed by atoms with Crippen LogP contribution in [0.5, 0.6) is 0 Å². The summed E-state index contributed by atoms with van der Waals surface area (Å²) in [7, 11) is -3.35. The second-order valence-electron chi connectivity index (χ2n) is 6.43. The Balaban J connectivity index is 0.000000221. The van der Waals surface area contributed by atoms with Crippen LogP contribution in [0.3, 0.4) is 0 Å². The van der Waals surface area contributed by atoms with Crippen LogP contribution in [0.2, 0.25) is 0 Å². The molecule has 1 aliphatic heterocycles. The topological polar surface area (TPSA) is 37.1 Å². The van der Waals surface area contributed by atoms with E-state index in [1.54, 1.807) is 12.1 Å². The van der Waals surface area contributed by atoms with Gasteiger partial charge in [-0.1, -0.05) is 91.0 Å². The van der Waals surface area contributed by atoms with Gasteiger partial charge < -0.3 is 0 Å². The van der Waals surface area contributed by atoms with E-state index in [1.807, 2.05) is 85.8 Å². The van der Waals surface area contributed by atoms with Gasteiger partial charge in [-0.2, -0.15) is 4.31 Å². The molecule has 3 nitrogen and oxygen atoms in total. The smallest absolute Gasteiger partial charge is 0.207 e. The Morgan fingerprint density at radius 2 is 1.44 bits per heavy atom. The number of benzene rings is 3. The summed E-state index contributed by atoms with van der Waals surface area (Å²) in [5, 5.41) is 0. The number of rotatable bonds is 4. The zero-order chi connectivity index (χ0) is 19.3. The van der Waals surface area contributed by atoms with E-state index < -0.39 is 10.0 Å². The lowest BCUT2D eigenvalue weighted by molar-refractivity contribution is 0.554. The van der Waals surface area contributed by atoms with Gasteiger partial charge in [0, 0.05) is 6.54 Å². The van der Waals surface area contributed by atoms with Crippen LogP contribution >= 0.6 is 0 Å². The molecule has 1 aliphatic rings. The van der Waals surface area contributed by atoms with Crippen LogP contribution in [-0.4, -0.2) is 19.3 Å². The van der Waals surface area contributed by atoms with Crippen LogP contribution in [0.4, 0.5) is 0 Å². The standard InChI is InChI=1S/C15H15NO2S.C8H8/c1-12-7-9-14(10-8-12)19(17,18)16-11-15(16)13-5-3-2-4-6-13;1-2-8-6-4-3-5-7-8/h2-10,15H,11H2,1H3;2-7H,1H2. The molecule has 138 valence electrons. The molecule has 1 fully saturated rings. The molecule has 0 spiro atoms. The Labute approximate surface area is 161 Å². The summed E-state index contributed by atoms with van der Waals surface area (Å²) in [4.78, 5) is 0.372. The van der Waals surface area contributed by atoms with Crippen molar-refractivity contribution in [3.8, 4) is 0 Å². The first-order valence-corrected chi connectivity index (χ1v) is 10.3. The molecule has 4 rings (SSSR count). The minimum Gasteiger partial charge on any atom is -0.207 e. The van der Waals surface area contributed by atoms with Gasteiger partial charge in [-0.3, -0.25) is 0 Å². The maximum absolute atomic E-state index is 12.4. The van der Waals surface area contributed by atoms with E-state index in [4.69, 9.17) is 0 Å². The quantitative estimate of drug-likeness (QED) is 0.595. The van der Waals surface area contributed by atoms with Crippen molar-refractivity contribution in [2.24, 2.45) is 0 Å². The van der Waals surface area contributed by atoms with E-state index >= 15 is 0 Å². The molecule has 0 amide bonds. The van der Waals surface area contributed by atoms with Crippen molar-refractivity contribution in [1.29, 1.82) is 0 Å². The molecular weight excluding hydrogens is 354 g/mol. The Bertz CT molecular complexity index is 982. The molecule has 27 heavy (non-hydrogen) atoms. The second-order valence-corrected chi connectivity index (χ2v) is 8.32. The van der Waals surface area contributed by atoms with Crippen LogP contribution < -0.4 is 0 Å². The van der Waals surface area contributed by atoms with Gasteiger partial charge in [-0.25, -0.2) is 8.42 Å². The molecule has 1 saturated heterocycles. The van der Waals surface area contributed by atoms with Crippen LogP contribution in [0, 0.1) is 6.92 Å². The maximum Gasteiger partial charge on any atom is 0.243 e. The van der Waals surface area contributed by atoms with Crippen molar-refractivity contribution >= 4 is 16.1 Å². The molecule has 0 bridgehead atoms. The SMILES string of the molecule is C=Cc1ccccc1.Cc1ccc(S(=O)(=O)N2CC2c2ccccc2)cc1. The Kier molecular flexibility index (Phi) is 5.89. The minimum absolute atomic E-state index is 0.00694. The van der Waals surface area contributed by atoms with E-state index in [0.29, 0.717) is 11.4 Å². The summed E-state index contributed by atoms with van der Waals surface area (Å²) < 4.78 is 26.4. The van der Waals surface area contributed by atoms with Gasteiger partial charge in [0.1, 0.15) is 0 Å². The van der Waals surface area contributed by atoms with Crippen molar-refractivity contribution in [2.45, 2.75) is 17.9 Å². The predicted octanol–water partition coefficient (Wildman–Crippen LogP) is 5.07. The molecule has 0 saturated carbocycles. The zero-order valence-corrected chi connectivity index (χ0v) is 16.1.